The third-order valence-electron chi connectivity index (χ3n) is 6.60. The molecule has 0 radical (unpaired) electrons. The molecule has 1 saturated heterocycles. The van der Waals surface area contributed by atoms with Crippen molar-refractivity contribution in [2.24, 2.45) is 0 Å². The molecule has 1 aliphatic rings. The monoisotopic (exact) mass is 556 g/mol. The van der Waals surface area contributed by atoms with E-state index < -0.39 is 30.2 Å². The summed E-state index contributed by atoms with van der Waals surface area (Å²) in [6.45, 7) is 3.55. The maximum atomic E-state index is 13.8. The highest BCUT2D eigenvalue weighted by atomic mass is 19.1. The van der Waals surface area contributed by atoms with Crippen molar-refractivity contribution in [3.63, 3.8) is 0 Å². The average molecular weight is 557 g/mol. The van der Waals surface area contributed by atoms with Crippen LogP contribution < -0.4 is 15.4 Å². The summed E-state index contributed by atoms with van der Waals surface area (Å²) in [4.78, 5) is 38.6. The Balaban J connectivity index is 1.27. The number of anilines is 1. The number of urea groups is 1. The van der Waals surface area contributed by atoms with Gasteiger partial charge in [-0.25, -0.2) is 18.5 Å². The van der Waals surface area contributed by atoms with Crippen LogP contribution in [0.25, 0.3) is 11.8 Å². The van der Waals surface area contributed by atoms with Crippen molar-refractivity contribution in [3.8, 4) is 11.4 Å². The topological polar surface area (TPSA) is 92.7 Å². The third kappa shape index (κ3) is 6.01. The summed E-state index contributed by atoms with van der Waals surface area (Å²) in [5.41, 5.74) is 4.13. The van der Waals surface area contributed by atoms with Crippen LogP contribution in [-0.4, -0.2) is 33.9 Å². The number of aryl methyl sites for hydroxylation is 1. The molecule has 3 aromatic carbocycles. The number of amides is 4. The Morgan fingerprint density at radius 2 is 1.68 bits per heavy atom. The van der Waals surface area contributed by atoms with Gasteiger partial charge >= 0.3 is 6.03 Å². The minimum atomic E-state index is -0.741. The van der Waals surface area contributed by atoms with E-state index in [2.05, 4.69) is 10.6 Å². The van der Waals surface area contributed by atoms with Gasteiger partial charge < -0.3 is 19.9 Å². The zero-order valence-electron chi connectivity index (χ0n) is 22.3. The number of rotatable bonds is 8. The molecule has 5 rings (SSSR count). The summed E-state index contributed by atoms with van der Waals surface area (Å²) >= 11 is 0. The van der Waals surface area contributed by atoms with Crippen LogP contribution in [0.3, 0.4) is 0 Å². The van der Waals surface area contributed by atoms with Crippen molar-refractivity contribution in [1.29, 1.82) is 0 Å². The number of nitrogens with zero attached hydrogens (tertiary/aromatic N) is 2. The van der Waals surface area contributed by atoms with E-state index in [0.29, 0.717) is 17.9 Å². The molecule has 0 saturated carbocycles. The van der Waals surface area contributed by atoms with Crippen LogP contribution in [-0.2, 0) is 16.2 Å². The van der Waals surface area contributed by atoms with E-state index in [-0.39, 0.29) is 17.2 Å². The number of imide groups is 1. The summed E-state index contributed by atoms with van der Waals surface area (Å²) in [5.74, 6) is -1.64. The molecular weight excluding hydrogens is 530 g/mol. The van der Waals surface area contributed by atoms with Gasteiger partial charge in [-0.3, -0.25) is 9.59 Å². The molecule has 2 N–H and O–H groups in total. The zero-order valence-corrected chi connectivity index (χ0v) is 22.3. The summed E-state index contributed by atoms with van der Waals surface area (Å²) in [7, 11) is 0. The fourth-order valence-electron chi connectivity index (χ4n) is 4.54. The number of hydrogen-bond donors (Lipinski definition) is 2. The summed E-state index contributed by atoms with van der Waals surface area (Å²) in [6.07, 6.45) is 1.56. The first-order valence-electron chi connectivity index (χ1n) is 12.7. The second kappa shape index (κ2) is 11.5. The lowest BCUT2D eigenvalue weighted by Gasteiger charge is -2.12. The fraction of sp³-hybridized carbons (Fsp3) is 0.129. The highest BCUT2D eigenvalue weighted by Gasteiger charge is 2.35. The van der Waals surface area contributed by atoms with E-state index in [1.165, 1.54) is 30.3 Å². The van der Waals surface area contributed by atoms with Gasteiger partial charge in [-0.15, -0.1) is 0 Å². The largest absolute Gasteiger partial charge is 0.489 e. The number of para-hydroxylation sites is 1. The Kier molecular flexibility index (Phi) is 7.64. The lowest BCUT2D eigenvalue weighted by Crippen LogP contribution is -2.38. The second-order valence-electron chi connectivity index (χ2n) is 9.48. The van der Waals surface area contributed by atoms with Crippen LogP contribution in [0.5, 0.6) is 5.75 Å². The van der Waals surface area contributed by atoms with Gasteiger partial charge in [0.05, 0.1) is 5.69 Å². The normalized spacial score (nSPS) is 14.0. The third-order valence-corrected chi connectivity index (χ3v) is 6.60. The minimum absolute atomic E-state index is 0.0264. The first-order valence-corrected chi connectivity index (χ1v) is 12.7. The number of nitrogens with one attached hydrogen (secondary N) is 2. The molecule has 0 bridgehead atoms. The van der Waals surface area contributed by atoms with Crippen LogP contribution >= 0.6 is 0 Å². The molecule has 41 heavy (non-hydrogen) atoms. The Labute approximate surface area is 234 Å². The molecular formula is C31H26F2N4O4. The number of carbonyl (C=O) groups is 3. The van der Waals surface area contributed by atoms with Gasteiger partial charge in [-0.05, 0) is 85.6 Å². The average Bonchev–Trinajstić information content (AvgIpc) is 3.38. The Morgan fingerprint density at radius 3 is 2.39 bits per heavy atom. The highest BCUT2D eigenvalue weighted by Crippen LogP contribution is 2.26. The molecule has 4 amide bonds. The molecule has 0 atom stereocenters. The molecule has 208 valence electrons. The molecule has 2 heterocycles. The van der Waals surface area contributed by atoms with Crippen LogP contribution in [0.2, 0.25) is 0 Å². The van der Waals surface area contributed by atoms with E-state index in [1.807, 2.05) is 48.7 Å². The summed E-state index contributed by atoms with van der Waals surface area (Å²) in [5, 5.41) is 4.88. The maximum absolute atomic E-state index is 13.8. The van der Waals surface area contributed by atoms with Crippen molar-refractivity contribution in [1.82, 2.24) is 14.8 Å². The number of ether oxygens (including phenoxy) is 1. The fourth-order valence-corrected chi connectivity index (χ4v) is 4.54. The molecule has 0 spiro atoms. The Bertz CT molecular complexity index is 1660. The van der Waals surface area contributed by atoms with E-state index in [1.54, 1.807) is 24.3 Å². The number of carbonyl (C=O) groups excluding carboxylic acids is 3. The molecule has 1 fully saturated rings. The quantitative estimate of drug-likeness (QED) is 0.222. The van der Waals surface area contributed by atoms with Gasteiger partial charge in [0.2, 0.25) is 5.91 Å². The Morgan fingerprint density at radius 1 is 0.976 bits per heavy atom. The van der Waals surface area contributed by atoms with Gasteiger partial charge in [-0.1, -0.05) is 24.3 Å². The predicted octanol–water partition coefficient (Wildman–Crippen LogP) is 5.48. The maximum Gasteiger partial charge on any atom is 0.329 e. The number of halogens is 2. The number of aromatic nitrogens is 1. The van der Waals surface area contributed by atoms with Gasteiger partial charge in [0.1, 0.15) is 36.2 Å². The van der Waals surface area contributed by atoms with Gasteiger partial charge in [-0.2, -0.15) is 0 Å². The van der Waals surface area contributed by atoms with Gasteiger partial charge in [0.25, 0.3) is 5.91 Å². The van der Waals surface area contributed by atoms with E-state index in [4.69, 9.17) is 4.74 Å². The Hall–Kier alpha value is -5.25. The van der Waals surface area contributed by atoms with Crippen LogP contribution in [0.15, 0.2) is 84.6 Å². The van der Waals surface area contributed by atoms with Crippen LogP contribution in [0.1, 0.15) is 22.5 Å². The molecule has 10 heteroatoms. The zero-order chi connectivity index (χ0) is 29.1. The summed E-state index contributed by atoms with van der Waals surface area (Å²) < 4.78 is 34.7. The van der Waals surface area contributed by atoms with Crippen molar-refractivity contribution >= 4 is 29.6 Å². The first kappa shape index (κ1) is 27.3. The van der Waals surface area contributed by atoms with Gasteiger partial charge in [0.15, 0.2) is 0 Å². The van der Waals surface area contributed by atoms with Crippen molar-refractivity contribution in [3.05, 3.63) is 119 Å². The van der Waals surface area contributed by atoms with E-state index in [0.717, 1.165) is 27.5 Å². The first-order chi connectivity index (χ1) is 19.7. The van der Waals surface area contributed by atoms with Crippen molar-refractivity contribution in [2.45, 2.75) is 20.5 Å². The van der Waals surface area contributed by atoms with Crippen molar-refractivity contribution in [2.75, 3.05) is 11.9 Å². The van der Waals surface area contributed by atoms with E-state index in [9.17, 15) is 23.2 Å². The number of benzene rings is 3. The smallest absolute Gasteiger partial charge is 0.329 e. The minimum Gasteiger partial charge on any atom is -0.489 e. The number of hydrogen-bond acceptors (Lipinski definition) is 4. The van der Waals surface area contributed by atoms with Crippen LogP contribution in [0.4, 0.5) is 19.3 Å². The van der Waals surface area contributed by atoms with E-state index >= 15 is 0 Å². The van der Waals surface area contributed by atoms with Gasteiger partial charge in [0, 0.05) is 17.1 Å². The molecule has 0 aliphatic carbocycles. The molecule has 4 aromatic rings. The molecule has 1 aliphatic heterocycles. The SMILES string of the molecule is Cc1cc(/C=C2/NC(=O)N(CC(=O)Nc3ccccc3F)C2=O)c(C)n1-c1ccc(OCc2ccc(F)cc2)cc1. The highest BCUT2D eigenvalue weighted by molar-refractivity contribution is 6.16. The molecule has 8 nitrogen and oxygen atoms in total. The molecule has 1 aromatic heterocycles. The predicted molar refractivity (Wildman–Crippen MR) is 149 cm³/mol. The second-order valence-corrected chi connectivity index (χ2v) is 9.48. The standard InChI is InChI=1S/C31H26F2N4O4/c1-19-15-22(16-28-30(39)36(31(40)35-28)17-29(38)34-27-6-4-3-5-26(27)33)20(2)37(19)24-11-13-25(14-12-24)41-18-21-7-9-23(32)10-8-21/h3-16H,17-18H2,1-2H3,(H,34,38)(H,35,40)/b28-16+. The molecule has 0 unspecified atom stereocenters. The van der Waals surface area contributed by atoms with Crippen molar-refractivity contribution < 1.29 is 27.9 Å². The lowest BCUT2D eigenvalue weighted by atomic mass is 10.2. The lowest BCUT2D eigenvalue weighted by molar-refractivity contribution is -0.127. The summed E-state index contributed by atoms with van der Waals surface area (Å²) in [6, 6.07) is 20.3. The van der Waals surface area contributed by atoms with Crippen LogP contribution in [0, 0.1) is 25.5 Å².